The molecule has 0 atom stereocenters. The standard InChI is InChI=1S/C9H20N2O4S/c1-15-9(12)5-3-6-10-7-4-8-11-16(2,13)14/h10-11H,3-8H2,1-2H3. The second-order valence-corrected chi connectivity index (χ2v) is 5.28. The summed E-state index contributed by atoms with van der Waals surface area (Å²) >= 11 is 0. The maximum atomic E-state index is 10.7. The van der Waals surface area contributed by atoms with Crippen molar-refractivity contribution in [3.63, 3.8) is 0 Å². The molecule has 0 radical (unpaired) electrons. The van der Waals surface area contributed by atoms with Gasteiger partial charge in [0.2, 0.25) is 10.0 Å². The van der Waals surface area contributed by atoms with Crippen molar-refractivity contribution >= 4 is 16.0 Å². The molecule has 0 heterocycles. The summed E-state index contributed by atoms with van der Waals surface area (Å²) in [5.74, 6) is -0.208. The summed E-state index contributed by atoms with van der Waals surface area (Å²) in [7, 11) is -1.71. The number of carbonyl (C=O) groups excluding carboxylic acids is 1. The van der Waals surface area contributed by atoms with Crippen LogP contribution < -0.4 is 10.0 Å². The van der Waals surface area contributed by atoms with Gasteiger partial charge in [0.05, 0.1) is 13.4 Å². The fourth-order valence-electron chi connectivity index (χ4n) is 1.06. The van der Waals surface area contributed by atoms with Crippen LogP contribution in [0, 0.1) is 0 Å². The molecule has 0 saturated carbocycles. The Morgan fingerprint density at radius 2 is 1.81 bits per heavy atom. The number of hydrogen-bond acceptors (Lipinski definition) is 5. The number of esters is 1. The molecule has 0 amide bonds. The molecule has 7 heteroatoms. The van der Waals surface area contributed by atoms with Crippen LogP contribution in [0.2, 0.25) is 0 Å². The molecule has 0 aliphatic carbocycles. The van der Waals surface area contributed by atoms with Gasteiger partial charge in [0.25, 0.3) is 0 Å². The summed E-state index contributed by atoms with van der Waals surface area (Å²) < 4.78 is 28.3. The first-order valence-corrected chi connectivity index (χ1v) is 7.07. The van der Waals surface area contributed by atoms with Crippen molar-refractivity contribution in [2.24, 2.45) is 0 Å². The first-order valence-electron chi connectivity index (χ1n) is 5.18. The molecule has 0 unspecified atom stereocenters. The first-order chi connectivity index (χ1) is 7.45. The Morgan fingerprint density at radius 1 is 1.19 bits per heavy atom. The van der Waals surface area contributed by atoms with Gasteiger partial charge >= 0.3 is 5.97 Å². The molecule has 16 heavy (non-hydrogen) atoms. The Kier molecular flexibility index (Phi) is 8.14. The van der Waals surface area contributed by atoms with E-state index in [-0.39, 0.29) is 5.97 Å². The number of nitrogens with one attached hydrogen (secondary N) is 2. The van der Waals surface area contributed by atoms with E-state index in [2.05, 4.69) is 14.8 Å². The summed E-state index contributed by atoms with van der Waals surface area (Å²) in [6, 6.07) is 0. The lowest BCUT2D eigenvalue weighted by molar-refractivity contribution is -0.140. The molecule has 0 aromatic heterocycles. The Morgan fingerprint density at radius 3 is 2.38 bits per heavy atom. The van der Waals surface area contributed by atoms with Crippen molar-refractivity contribution < 1.29 is 17.9 Å². The van der Waals surface area contributed by atoms with Gasteiger partial charge in [-0.2, -0.15) is 0 Å². The number of methoxy groups -OCH3 is 1. The molecule has 0 aromatic rings. The zero-order valence-corrected chi connectivity index (χ0v) is 10.6. The number of hydrogen-bond donors (Lipinski definition) is 2. The Balaban J connectivity index is 3.19. The third-order valence-corrected chi connectivity index (χ3v) is 2.59. The SMILES string of the molecule is COC(=O)CCCNCCCNS(C)(=O)=O. The van der Waals surface area contributed by atoms with Crippen molar-refractivity contribution in [3.8, 4) is 0 Å². The van der Waals surface area contributed by atoms with E-state index >= 15 is 0 Å². The molecule has 0 saturated heterocycles. The van der Waals surface area contributed by atoms with Crippen LogP contribution in [-0.4, -0.2) is 47.4 Å². The molecular weight excluding hydrogens is 232 g/mol. The predicted octanol–water partition coefficient (Wildman–Crippen LogP) is -0.531. The molecule has 0 spiro atoms. The van der Waals surface area contributed by atoms with Crippen LogP contribution in [0.3, 0.4) is 0 Å². The van der Waals surface area contributed by atoms with E-state index in [0.29, 0.717) is 13.0 Å². The van der Waals surface area contributed by atoms with Gasteiger partial charge in [-0.25, -0.2) is 13.1 Å². The average molecular weight is 252 g/mol. The lowest BCUT2D eigenvalue weighted by atomic mass is 10.3. The highest BCUT2D eigenvalue weighted by Crippen LogP contribution is 1.89. The summed E-state index contributed by atoms with van der Waals surface area (Å²) in [4.78, 5) is 10.7. The molecule has 0 aliphatic heterocycles. The Labute approximate surface area is 96.8 Å². The van der Waals surface area contributed by atoms with Crippen molar-refractivity contribution in [1.29, 1.82) is 0 Å². The Hall–Kier alpha value is -0.660. The molecule has 0 bridgehead atoms. The highest BCUT2D eigenvalue weighted by atomic mass is 32.2. The Bertz CT molecular complexity index is 290. The molecule has 6 nitrogen and oxygen atoms in total. The van der Waals surface area contributed by atoms with Crippen molar-refractivity contribution in [2.75, 3.05) is 33.0 Å². The van der Waals surface area contributed by atoms with Gasteiger partial charge in [-0.1, -0.05) is 0 Å². The third kappa shape index (κ3) is 11.4. The predicted molar refractivity (Wildman–Crippen MR) is 61.6 cm³/mol. The van der Waals surface area contributed by atoms with Crippen LogP contribution in [0.5, 0.6) is 0 Å². The summed E-state index contributed by atoms with van der Waals surface area (Å²) in [6.45, 7) is 1.89. The normalized spacial score (nSPS) is 11.4. The second kappa shape index (κ2) is 8.49. The molecule has 0 aliphatic rings. The van der Waals surface area contributed by atoms with Crippen LogP contribution in [0.4, 0.5) is 0 Å². The molecule has 2 N–H and O–H groups in total. The lowest BCUT2D eigenvalue weighted by Gasteiger charge is -2.04. The fraction of sp³-hybridized carbons (Fsp3) is 0.889. The third-order valence-electron chi connectivity index (χ3n) is 1.86. The van der Waals surface area contributed by atoms with Crippen LogP contribution in [0.25, 0.3) is 0 Å². The number of sulfonamides is 1. The minimum absolute atomic E-state index is 0.208. The van der Waals surface area contributed by atoms with Gasteiger partial charge in [-0.05, 0) is 25.9 Å². The maximum Gasteiger partial charge on any atom is 0.305 e. The minimum Gasteiger partial charge on any atom is -0.469 e. The van der Waals surface area contributed by atoms with Crippen LogP contribution in [-0.2, 0) is 19.6 Å². The van der Waals surface area contributed by atoms with Gasteiger partial charge in [0, 0.05) is 13.0 Å². The van der Waals surface area contributed by atoms with Crippen LogP contribution in [0.1, 0.15) is 19.3 Å². The summed E-state index contributed by atoms with van der Waals surface area (Å²) in [5, 5.41) is 3.11. The van der Waals surface area contributed by atoms with Crippen molar-refractivity contribution in [3.05, 3.63) is 0 Å². The van der Waals surface area contributed by atoms with Gasteiger partial charge in [-0.15, -0.1) is 0 Å². The molecule has 96 valence electrons. The van der Waals surface area contributed by atoms with Crippen molar-refractivity contribution in [2.45, 2.75) is 19.3 Å². The first kappa shape index (κ1) is 15.3. The monoisotopic (exact) mass is 252 g/mol. The van der Waals surface area contributed by atoms with Gasteiger partial charge in [0.15, 0.2) is 0 Å². The topological polar surface area (TPSA) is 84.5 Å². The number of ether oxygens (including phenoxy) is 1. The van der Waals surface area contributed by atoms with Gasteiger partial charge in [0.1, 0.15) is 0 Å². The summed E-state index contributed by atoms with van der Waals surface area (Å²) in [5.41, 5.74) is 0. The smallest absolute Gasteiger partial charge is 0.305 e. The molecule has 0 aromatic carbocycles. The summed E-state index contributed by atoms with van der Waals surface area (Å²) in [6.07, 6.45) is 3.00. The number of rotatable bonds is 9. The highest BCUT2D eigenvalue weighted by molar-refractivity contribution is 7.88. The van der Waals surface area contributed by atoms with E-state index in [0.717, 1.165) is 32.2 Å². The van der Waals surface area contributed by atoms with E-state index in [1.165, 1.54) is 7.11 Å². The zero-order valence-electron chi connectivity index (χ0n) is 9.78. The highest BCUT2D eigenvalue weighted by Gasteiger charge is 2.00. The van der Waals surface area contributed by atoms with Gasteiger partial charge < -0.3 is 10.1 Å². The second-order valence-electron chi connectivity index (χ2n) is 3.45. The van der Waals surface area contributed by atoms with E-state index in [4.69, 9.17) is 0 Å². The van der Waals surface area contributed by atoms with Gasteiger partial charge in [-0.3, -0.25) is 4.79 Å². The van der Waals surface area contributed by atoms with E-state index in [1.54, 1.807) is 0 Å². The van der Waals surface area contributed by atoms with E-state index in [1.807, 2.05) is 0 Å². The zero-order chi connectivity index (χ0) is 12.4. The number of carbonyl (C=O) groups is 1. The largest absolute Gasteiger partial charge is 0.469 e. The van der Waals surface area contributed by atoms with E-state index in [9.17, 15) is 13.2 Å². The van der Waals surface area contributed by atoms with Crippen molar-refractivity contribution in [1.82, 2.24) is 10.0 Å². The quantitative estimate of drug-likeness (QED) is 0.425. The fourth-order valence-corrected chi connectivity index (χ4v) is 1.57. The van der Waals surface area contributed by atoms with E-state index < -0.39 is 10.0 Å². The average Bonchev–Trinajstić information content (AvgIpc) is 2.20. The maximum absolute atomic E-state index is 10.7. The van der Waals surface area contributed by atoms with Crippen LogP contribution >= 0.6 is 0 Å². The van der Waals surface area contributed by atoms with Crippen LogP contribution in [0.15, 0.2) is 0 Å². The molecule has 0 rings (SSSR count). The molecule has 0 fully saturated rings. The minimum atomic E-state index is -3.08. The molecular formula is C9H20N2O4S. The lowest BCUT2D eigenvalue weighted by Crippen LogP contribution is -2.26.